The summed E-state index contributed by atoms with van der Waals surface area (Å²) in [7, 11) is -3.78. The Bertz CT molecular complexity index is 932. The number of hydrogen-bond donors (Lipinski definition) is 2. The number of nitrogens with one attached hydrogen (secondary N) is 2. The molecule has 0 radical (unpaired) electrons. The quantitative estimate of drug-likeness (QED) is 0.731. The average Bonchev–Trinajstić information content (AvgIpc) is 2.92. The van der Waals surface area contributed by atoms with Crippen LogP contribution in [0, 0.1) is 5.82 Å². The predicted octanol–water partition coefficient (Wildman–Crippen LogP) is 1.97. The summed E-state index contributed by atoms with van der Waals surface area (Å²) in [6.07, 6.45) is 0.701. The Hall–Kier alpha value is -2.65. The zero-order valence-corrected chi connectivity index (χ0v) is 15.9. The third-order valence-corrected chi connectivity index (χ3v) is 5.54. The van der Waals surface area contributed by atoms with E-state index >= 15 is 0 Å². The molecule has 1 aliphatic rings. The van der Waals surface area contributed by atoms with Gasteiger partial charge in [-0.15, -0.1) is 0 Å². The molecule has 0 saturated carbocycles. The highest BCUT2D eigenvalue weighted by molar-refractivity contribution is 7.89. The summed E-state index contributed by atoms with van der Waals surface area (Å²) in [4.78, 5) is 11.9. The van der Waals surface area contributed by atoms with Crippen molar-refractivity contribution in [3.63, 3.8) is 0 Å². The van der Waals surface area contributed by atoms with Crippen molar-refractivity contribution in [3.05, 3.63) is 53.8 Å². The van der Waals surface area contributed by atoms with Crippen LogP contribution < -0.4 is 19.5 Å². The van der Waals surface area contributed by atoms with Gasteiger partial charge in [-0.25, -0.2) is 17.5 Å². The molecule has 28 heavy (non-hydrogen) atoms. The largest absolute Gasteiger partial charge is 0.490 e. The second kappa shape index (κ2) is 9.03. The van der Waals surface area contributed by atoms with Crippen LogP contribution in [0.1, 0.15) is 18.4 Å². The molecule has 0 fully saturated rings. The van der Waals surface area contributed by atoms with Crippen LogP contribution in [0.2, 0.25) is 0 Å². The van der Waals surface area contributed by atoms with Gasteiger partial charge in [0.15, 0.2) is 11.5 Å². The van der Waals surface area contributed by atoms with E-state index in [1.807, 2.05) is 0 Å². The number of rotatable bonds is 7. The molecule has 0 spiro atoms. The van der Waals surface area contributed by atoms with Crippen LogP contribution in [0.15, 0.2) is 47.4 Å². The predicted molar refractivity (Wildman–Crippen MR) is 100 cm³/mol. The molecule has 3 rings (SSSR count). The summed E-state index contributed by atoms with van der Waals surface area (Å²) in [5.74, 6) is 0.235. The minimum atomic E-state index is -3.78. The summed E-state index contributed by atoms with van der Waals surface area (Å²) < 4.78 is 51.1. The highest BCUT2D eigenvalue weighted by Crippen LogP contribution is 2.31. The number of sulfonamides is 1. The maximum Gasteiger partial charge on any atom is 0.240 e. The van der Waals surface area contributed by atoms with Gasteiger partial charge in [0, 0.05) is 32.0 Å². The zero-order valence-electron chi connectivity index (χ0n) is 15.1. The van der Waals surface area contributed by atoms with Crippen LogP contribution in [0.25, 0.3) is 0 Å². The topological polar surface area (TPSA) is 93.7 Å². The van der Waals surface area contributed by atoms with Crippen LogP contribution in [0.3, 0.4) is 0 Å². The number of ether oxygens (including phenoxy) is 2. The van der Waals surface area contributed by atoms with Gasteiger partial charge >= 0.3 is 0 Å². The highest BCUT2D eigenvalue weighted by atomic mass is 32.2. The van der Waals surface area contributed by atoms with E-state index in [2.05, 4.69) is 10.0 Å². The average molecular weight is 408 g/mol. The number of hydrogen-bond acceptors (Lipinski definition) is 5. The van der Waals surface area contributed by atoms with E-state index in [0.29, 0.717) is 24.7 Å². The molecule has 1 amide bonds. The molecule has 1 heterocycles. The lowest BCUT2D eigenvalue weighted by Crippen LogP contribution is -2.30. The summed E-state index contributed by atoms with van der Waals surface area (Å²) in [5.41, 5.74) is 0.752. The number of carbonyl (C=O) groups excluding carboxylic acids is 1. The first kappa shape index (κ1) is 20.1. The number of carbonyl (C=O) groups is 1. The lowest BCUT2D eigenvalue weighted by Gasteiger charge is -2.11. The highest BCUT2D eigenvalue weighted by Gasteiger charge is 2.18. The smallest absolute Gasteiger partial charge is 0.240 e. The molecule has 0 bridgehead atoms. The first-order chi connectivity index (χ1) is 13.4. The summed E-state index contributed by atoms with van der Waals surface area (Å²) in [6, 6.07) is 10.2. The van der Waals surface area contributed by atoms with Crippen LogP contribution in [0.5, 0.6) is 11.5 Å². The molecule has 0 atom stereocenters. The second-order valence-electron chi connectivity index (χ2n) is 6.21. The van der Waals surface area contributed by atoms with Gasteiger partial charge in [-0.3, -0.25) is 4.79 Å². The van der Waals surface area contributed by atoms with E-state index in [9.17, 15) is 17.6 Å². The molecular formula is C19H21FN2O5S. The van der Waals surface area contributed by atoms with Gasteiger partial charge in [-0.1, -0.05) is 12.1 Å². The number of fused-ring (bicyclic) bond motifs is 1. The molecule has 2 N–H and O–H groups in total. The summed E-state index contributed by atoms with van der Waals surface area (Å²) >= 11 is 0. The first-order valence-corrected chi connectivity index (χ1v) is 10.3. The summed E-state index contributed by atoms with van der Waals surface area (Å²) in [6.45, 7) is 1.17. The van der Waals surface area contributed by atoms with Crippen molar-refractivity contribution in [3.8, 4) is 11.5 Å². The van der Waals surface area contributed by atoms with Gasteiger partial charge < -0.3 is 14.8 Å². The Morgan fingerprint density at radius 1 is 1.04 bits per heavy atom. The van der Waals surface area contributed by atoms with Crippen molar-refractivity contribution < 1.29 is 27.1 Å². The summed E-state index contributed by atoms with van der Waals surface area (Å²) in [5, 5.41) is 2.66. The lowest BCUT2D eigenvalue weighted by atomic mass is 10.2. The fourth-order valence-electron chi connectivity index (χ4n) is 2.58. The van der Waals surface area contributed by atoms with Gasteiger partial charge in [-0.2, -0.15) is 0 Å². The van der Waals surface area contributed by atoms with Crippen LogP contribution in [-0.2, 0) is 21.4 Å². The maximum absolute atomic E-state index is 12.8. The Labute approximate surface area is 162 Å². The molecule has 0 aromatic heterocycles. The van der Waals surface area contributed by atoms with Gasteiger partial charge in [-0.05, 0) is 29.8 Å². The Balaban J connectivity index is 1.50. The monoisotopic (exact) mass is 408 g/mol. The maximum atomic E-state index is 12.8. The lowest BCUT2D eigenvalue weighted by molar-refractivity contribution is -0.121. The molecule has 9 heteroatoms. The van der Waals surface area contributed by atoms with Gasteiger partial charge in [0.2, 0.25) is 15.9 Å². The van der Waals surface area contributed by atoms with E-state index < -0.39 is 10.0 Å². The molecule has 1 aliphatic heterocycles. The molecule has 150 valence electrons. The molecule has 7 nitrogen and oxygen atoms in total. The first-order valence-electron chi connectivity index (χ1n) is 8.84. The van der Waals surface area contributed by atoms with Crippen molar-refractivity contribution in [2.24, 2.45) is 0 Å². The molecule has 0 saturated heterocycles. The van der Waals surface area contributed by atoms with Crippen molar-refractivity contribution >= 4 is 15.9 Å². The Kier molecular flexibility index (Phi) is 6.48. The Morgan fingerprint density at radius 3 is 2.50 bits per heavy atom. The van der Waals surface area contributed by atoms with Crippen molar-refractivity contribution in [2.75, 3.05) is 19.8 Å². The molecular weight excluding hydrogens is 387 g/mol. The SMILES string of the molecule is O=C(CCNS(=O)(=O)c1ccc2c(c1)OCCCO2)NCc1ccc(F)cc1. The fourth-order valence-corrected chi connectivity index (χ4v) is 3.63. The van der Waals surface area contributed by atoms with E-state index in [-0.39, 0.29) is 36.1 Å². The number of halogens is 1. The van der Waals surface area contributed by atoms with E-state index in [0.717, 1.165) is 12.0 Å². The minimum Gasteiger partial charge on any atom is -0.490 e. The van der Waals surface area contributed by atoms with Crippen LogP contribution in [0.4, 0.5) is 4.39 Å². The normalized spacial score (nSPS) is 13.6. The van der Waals surface area contributed by atoms with Crippen molar-refractivity contribution in [1.82, 2.24) is 10.0 Å². The fraction of sp³-hybridized carbons (Fsp3) is 0.316. The Morgan fingerprint density at radius 2 is 1.75 bits per heavy atom. The second-order valence-corrected chi connectivity index (χ2v) is 7.98. The van der Waals surface area contributed by atoms with Gasteiger partial charge in [0.05, 0.1) is 18.1 Å². The standard InChI is InChI=1S/C19H21FN2O5S/c20-15-4-2-14(3-5-15)13-21-19(23)8-9-22-28(24,25)16-6-7-17-18(12-16)27-11-1-10-26-17/h2-7,12,22H,1,8-11,13H2,(H,21,23). The number of amides is 1. The minimum absolute atomic E-state index is 0.0228. The van der Waals surface area contributed by atoms with Gasteiger partial charge in [0.25, 0.3) is 0 Å². The zero-order chi connectivity index (χ0) is 20.0. The van der Waals surface area contributed by atoms with Crippen molar-refractivity contribution in [1.29, 1.82) is 0 Å². The third-order valence-electron chi connectivity index (χ3n) is 4.08. The molecule has 0 aliphatic carbocycles. The van der Waals surface area contributed by atoms with Crippen molar-refractivity contribution in [2.45, 2.75) is 24.3 Å². The van der Waals surface area contributed by atoms with E-state index in [1.165, 1.54) is 24.3 Å². The molecule has 2 aromatic carbocycles. The van der Waals surface area contributed by atoms with Crippen LogP contribution in [-0.4, -0.2) is 34.1 Å². The third kappa shape index (κ3) is 5.43. The van der Waals surface area contributed by atoms with Gasteiger partial charge in [0.1, 0.15) is 5.82 Å². The number of benzene rings is 2. The van der Waals surface area contributed by atoms with Crippen LogP contribution >= 0.6 is 0 Å². The molecule has 0 unspecified atom stereocenters. The van der Waals surface area contributed by atoms with E-state index in [1.54, 1.807) is 18.2 Å². The molecule has 2 aromatic rings. The van der Waals surface area contributed by atoms with E-state index in [4.69, 9.17) is 9.47 Å².